The topological polar surface area (TPSA) is 40.5 Å². The SMILES string of the molecule is Cc1cc(C)cc(C(=O)N(CC(C)O)C(C)C)c1. The number of nitrogens with zero attached hydrogens (tertiary/aromatic N) is 1. The molecule has 0 spiro atoms. The smallest absolute Gasteiger partial charge is 0.254 e. The Labute approximate surface area is 109 Å². The van der Waals surface area contributed by atoms with E-state index >= 15 is 0 Å². The van der Waals surface area contributed by atoms with Crippen molar-refractivity contribution >= 4 is 5.91 Å². The fourth-order valence-electron chi connectivity index (χ4n) is 2.08. The average molecular weight is 249 g/mol. The van der Waals surface area contributed by atoms with Crippen molar-refractivity contribution in [2.24, 2.45) is 0 Å². The molecule has 0 bridgehead atoms. The molecule has 0 aliphatic carbocycles. The van der Waals surface area contributed by atoms with Gasteiger partial charge >= 0.3 is 0 Å². The number of rotatable bonds is 4. The van der Waals surface area contributed by atoms with Crippen LogP contribution in [0.15, 0.2) is 18.2 Å². The Morgan fingerprint density at radius 1 is 1.17 bits per heavy atom. The second kappa shape index (κ2) is 6.01. The number of benzene rings is 1. The number of aryl methyl sites for hydroxylation is 2. The molecular weight excluding hydrogens is 226 g/mol. The molecule has 100 valence electrons. The third kappa shape index (κ3) is 3.84. The molecule has 3 heteroatoms. The maximum absolute atomic E-state index is 12.4. The summed E-state index contributed by atoms with van der Waals surface area (Å²) in [6, 6.07) is 5.91. The lowest BCUT2D eigenvalue weighted by Crippen LogP contribution is -2.41. The van der Waals surface area contributed by atoms with Gasteiger partial charge in [-0.3, -0.25) is 4.79 Å². The van der Waals surface area contributed by atoms with Crippen LogP contribution in [0.3, 0.4) is 0 Å². The molecule has 1 atom stereocenters. The molecular formula is C15H23NO2. The molecule has 0 fully saturated rings. The van der Waals surface area contributed by atoms with E-state index < -0.39 is 6.10 Å². The molecule has 0 heterocycles. The summed E-state index contributed by atoms with van der Waals surface area (Å²) in [7, 11) is 0. The fourth-order valence-corrected chi connectivity index (χ4v) is 2.08. The first-order valence-corrected chi connectivity index (χ1v) is 6.38. The molecule has 0 saturated carbocycles. The molecule has 0 radical (unpaired) electrons. The van der Waals surface area contributed by atoms with E-state index in [1.54, 1.807) is 11.8 Å². The average Bonchev–Trinajstić information content (AvgIpc) is 2.23. The Hall–Kier alpha value is -1.35. The van der Waals surface area contributed by atoms with Crippen LogP contribution in [0.4, 0.5) is 0 Å². The summed E-state index contributed by atoms with van der Waals surface area (Å²) in [6.07, 6.45) is -0.512. The first-order valence-electron chi connectivity index (χ1n) is 6.38. The van der Waals surface area contributed by atoms with Crippen molar-refractivity contribution in [1.82, 2.24) is 4.90 Å². The molecule has 0 saturated heterocycles. The fraction of sp³-hybridized carbons (Fsp3) is 0.533. The molecule has 3 nitrogen and oxygen atoms in total. The zero-order valence-electron chi connectivity index (χ0n) is 11.9. The van der Waals surface area contributed by atoms with Gasteiger partial charge in [0.25, 0.3) is 5.91 Å². The minimum absolute atomic E-state index is 0.0160. The Morgan fingerprint density at radius 2 is 1.67 bits per heavy atom. The first-order chi connectivity index (χ1) is 8.31. The van der Waals surface area contributed by atoms with Crippen molar-refractivity contribution in [3.63, 3.8) is 0 Å². The molecule has 1 N–H and O–H groups in total. The van der Waals surface area contributed by atoms with Crippen LogP contribution < -0.4 is 0 Å². The van der Waals surface area contributed by atoms with Gasteiger partial charge in [0.05, 0.1) is 6.10 Å². The van der Waals surface area contributed by atoms with Gasteiger partial charge in [-0.05, 0) is 46.8 Å². The lowest BCUT2D eigenvalue weighted by atomic mass is 10.1. The van der Waals surface area contributed by atoms with E-state index in [0.29, 0.717) is 12.1 Å². The van der Waals surface area contributed by atoms with Crippen molar-refractivity contribution in [3.8, 4) is 0 Å². The van der Waals surface area contributed by atoms with Crippen molar-refractivity contribution in [2.75, 3.05) is 6.54 Å². The quantitative estimate of drug-likeness (QED) is 0.890. The van der Waals surface area contributed by atoms with Crippen LogP contribution in [0, 0.1) is 13.8 Å². The number of carbonyl (C=O) groups is 1. The van der Waals surface area contributed by atoms with Gasteiger partial charge in [-0.1, -0.05) is 17.2 Å². The molecule has 1 aromatic rings. The number of aliphatic hydroxyl groups excluding tert-OH is 1. The highest BCUT2D eigenvalue weighted by Crippen LogP contribution is 2.13. The lowest BCUT2D eigenvalue weighted by Gasteiger charge is -2.28. The van der Waals surface area contributed by atoms with E-state index in [2.05, 4.69) is 0 Å². The van der Waals surface area contributed by atoms with Gasteiger partial charge in [0.2, 0.25) is 0 Å². The van der Waals surface area contributed by atoms with Gasteiger partial charge in [-0.2, -0.15) is 0 Å². The predicted molar refractivity (Wildman–Crippen MR) is 73.8 cm³/mol. The molecule has 0 aliphatic heterocycles. The van der Waals surface area contributed by atoms with Gasteiger partial charge in [-0.25, -0.2) is 0 Å². The van der Waals surface area contributed by atoms with Crippen LogP contribution in [0.25, 0.3) is 0 Å². The third-order valence-corrected chi connectivity index (χ3v) is 2.81. The summed E-state index contributed by atoms with van der Waals surface area (Å²) >= 11 is 0. The van der Waals surface area contributed by atoms with Crippen molar-refractivity contribution in [2.45, 2.75) is 46.8 Å². The molecule has 0 aromatic heterocycles. The number of hydrogen-bond donors (Lipinski definition) is 1. The Morgan fingerprint density at radius 3 is 2.06 bits per heavy atom. The summed E-state index contributed by atoms with van der Waals surface area (Å²) in [6.45, 7) is 9.95. The minimum Gasteiger partial charge on any atom is -0.392 e. The van der Waals surface area contributed by atoms with E-state index in [1.165, 1.54) is 0 Å². The Balaban J connectivity index is 3.01. The van der Waals surface area contributed by atoms with Gasteiger partial charge in [-0.15, -0.1) is 0 Å². The summed E-state index contributed by atoms with van der Waals surface area (Å²) in [5, 5.41) is 9.48. The van der Waals surface area contributed by atoms with Gasteiger partial charge in [0.1, 0.15) is 0 Å². The molecule has 1 unspecified atom stereocenters. The lowest BCUT2D eigenvalue weighted by molar-refractivity contribution is 0.0578. The standard InChI is InChI=1S/C15H23NO2/c1-10(2)16(9-13(5)17)15(18)14-7-11(3)6-12(4)8-14/h6-8,10,13,17H,9H2,1-5H3. The third-order valence-electron chi connectivity index (χ3n) is 2.81. The number of hydrogen-bond acceptors (Lipinski definition) is 2. The van der Waals surface area contributed by atoms with Crippen LogP contribution in [-0.4, -0.2) is 34.6 Å². The van der Waals surface area contributed by atoms with Crippen molar-refractivity contribution in [1.29, 1.82) is 0 Å². The van der Waals surface area contributed by atoms with E-state index in [0.717, 1.165) is 11.1 Å². The molecule has 0 aliphatic rings. The van der Waals surface area contributed by atoms with E-state index in [9.17, 15) is 9.90 Å². The molecule has 1 aromatic carbocycles. The summed E-state index contributed by atoms with van der Waals surface area (Å²) in [5.74, 6) is -0.0160. The monoisotopic (exact) mass is 249 g/mol. The summed E-state index contributed by atoms with van der Waals surface area (Å²) < 4.78 is 0. The van der Waals surface area contributed by atoms with Crippen molar-refractivity contribution < 1.29 is 9.90 Å². The largest absolute Gasteiger partial charge is 0.392 e. The number of carbonyl (C=O) groups excluding carboxylic acids is 1. The van der Waals surface area contributed by atoms with Crippen LogP contribution in [0.1, 0.15) is 42.3 Å². The van der Waals surface area contributed by atoms with Crippen LogP contribution in [-0.2, 0) is 0 Å². The predicted octanol–water partition coefficient (Wildman–Crippen LogP) is 2.53. The van der Waals surface area contributed by atoms with Crippen LogP contribution in [0.2, 0.25) is 0 Å². The van der Waals surface area contributed by atoms with Crippen LogP contribution in [0.5, 0.6) is 0 Å². The maximum atomic E-state index is 12.4. The van der Waals surface area contributed by atoms with Crippen LogP contribution >= 0.6 is 0 Å². The maximum Gasteiger partial charge on any atom is 0.254 e. The molecule has 1 rings (SSSR count). The highest BCUT2D eigenvalue weighted by molar-refractivity contribution is 5.94. The van der Waals surface area contributed by atoms with Gasteiger partial charge in [0, 0.05) is 18.2 Å². The molecule has 18 heavy (non-hydrogen) atoms. The van der Waals surface area contributed by atoms with Gasteiger partial charge in [0.15, 0.2) is 0 Å². The number of amides is 1. The second-order valence-corrected chi connectivity index (χ2v) is 5.28. The second-order valence-electron chi connectivity index (χ2n) is 5.28. The highest BCUT2D eigenvalue weighted by atomic mass is 16.3. The van der Waals surface area contributed by atoms with E-state index in [1.807, 2.05) is 45.9 Å². The normalized spacial score (nSPS) is 12.6. The zero-order valence-corrected chi connectivity index (χ0v) is 11.9. The van der Waals surface area contributed by atoms with Crippen molar-refractivity contribution in [3.05, 3.63) is 34.9 Å². The zero-order chi connectivity index (χ0) is 13.9. The summed E-state index contributed by atoms with van der Waals surface area (Å²) in [5.41, 5.74) is 2.86. The Bertz CT molecular complexity index is 404. The highest BCUT2D eigenvalue weighted by Gasteiger charge is 2.20. The summed E-state index contributed by atoms with van der Waals surface area (Å²) in [4.78, 5) is 14.1. The minimum atomic E-state index is -0.512. The van der Waals surface area contributed by atoms with E-state index in [4.69, 9.17) is 0 Å². The first kappa shape index (κ1) is 14.7. The number of aliphatic hydroxyl groups is 1. The Kier molecular flexibility index (Phi) is 4.91. The van der Waals surface area contributed by atoms with Gasteiger partial charge < -0.3 is 10.0 Å². The van der Waals surface area contributed by atoms with E-state index in [-0.39, 0.29) is 11.9 Å². The molecule has 1 amide bonds.